The first-order chi connectivity index (χ1) is 9.70. The van der Waals surface area contributed by atoms with Crippen LogP contribution in [0.25, 0.3) is 0 Å². The fourth-order valence-corrected chi connectivity index (χ4v) is 2.35. The highest BCUT2D eigenvalue weighted by Crippen LogP contribution is 2.13. The van der Waals surface area contributed by atoms with Gasteiger partial charge in [-0.15, -0.1) is 12.3 Å². The van der Waals surface area contributed by atoms with Crippen molar-refractivity contribution in [3.8, 4) is 12.3 Å². The molecule has 0 aliphatic rings. The number of aliphatic hydroxyl groups excluding tert-OH is 3. The van der Waals surface area contributed by atoms with Gasteiger partial charge < -0.3 is 15.3 Å². The van der Waals surface area contributed by atoms with Gasteiger partial charge in [-0.2, -0.15) is 0 Å². The molecule has 0 heterocycles. The summed E-state index contributed by atoms with van der Waals surface area (Å²) in [6, 6.07) is 0. The Balaban J connectivity index is 3.15. The zero-order valence-electron chi connectivity index (χ0n) is 12.8. The third-order valence-electron chi connectivity index (χ3n) is 3.61. The molecule has 0 radical (unpaired) electrons. The maximum absolute atomic E-state index is 9.61. The first-order valence-electron chi connectivity index (χ1n) is 8.11. The number of unbranched alkanes of at least 4 members (excludes halogenated alkanes) is 9. The molecular formula is C17H32O3. The molecule has 0 aromatic rings. The van der Waals surface area contributed by atoms with Crippen molar-refractivity contribution >= 4 is 0 Å². The van der Waals surface area contributed by atoms with Crippen LogP contribution in [0, 0.1) is 12.3 Å². The van der Waals surface area contributed by atoms with Gasteiger partial charge in [-0.05, 0) is 12.8 Å². The van der Waals surface area contributed by atoms with E-state index in [1.165, 1.54) is 38.5 Å². The van der Waals surface area contributed by atoms with Gasteiger partial charge in [0, 0.05) is 12.8 Å². The van der Waals surface area contributed by atoms with Crippen LogP contribution in [0.2, 0.25) is 0 Å². The van der Waals surface area contributed by atoms with E-state index in [0.29, 0.717) is 0 Å². The van der Waals surface area contributed by atoms with E-state index in [0.717, 1.165) is 32.1 Å². The topological polar surface area (TPSA) is 60.7 Å². The van der Waals surface area contributed by atoms with Crippen LogP contribution in [0.4, 0.5) is 0 Å². The third kappa shape index (κ3) is 13.9. The van der Waals surface area contributed by atoms with E-state index >= 15 is 0 Å². The van der Waals surface area contributed by atoms with Gasteiger partial charge in [0.05, 0.1) is 18.8 Å². The largest absolute Gasteiger partial charge is 0.394 e. The molecule has 2 unspecified atom stereocenters. The van der Waals surface area contributed by atoms with Crippen molar-refractivity contribution in [2.75, 3.05) is 6.61 Å². The lowest BCUT2D eigenvalue weighted by atomic mass is 10.0. The third-order valence-corrected chi connectivity index (χ3v) is 3.61. The second-order valence-electron chi connectivity index (χ2n) is 5.65. The van der Waals surface area contributed by atoms with Crippen molar-refractivity contribution in [3.63, 3.8) is 0 Å². The lowest BCUT2D eigenvalue weighted by molar-refractivity contribution is 0.0380. The molecule has 0 bridgehead atoms. The van der Waals surface area contributed by atoms with Crippen molar-refractivity contribution < 1.29 is 15.3 Å². The van der Waals surface area contributed by atoms with E-state index in [4.69, 9.17) is 11.5 Å². The summed E-state index contributed by atoms with van der Waals surface area (Å²) in [5.74, 6) is 2.67. The Morgan fingerprint density at radius 3 is 1.75 bits per heavy atom. The van der Waals surface area contributed by atoms with Crippen LogP contribution in [0.15, 0.2) is 0 Å². The Hall–Kier alpha value is -0.560. The molecule has 0 aromatic heterocycles. The molecular weight excluding hydrogens is 252 g/mol. The van der Waals surface area contributed by atoms with Crippen molar-refractivity contribution in [3.05, 3.63) is 0 Å². The molecule has 0 rings (SSSR count). The Labute approximate surface area is 124 Å². The molecule has 0 aliphatic carbocycles. The van der Waals surface area contributed by atoms with Crippen LogP contribution in [-0.2, 0) is 0 Å². The SMILES string of the molecule is C#CCCCCCCCCCCCC(O)CC(O)CO. The lowest BCUT2D eigenvalue weighted by Crippen LogP contribution is -2.20. The van der Waals surface area contributed by atoms with Crippen molar-refractivity contribution in [2.45, 2.75) is 89.3 Å². The zero-order valence-corrected chi connectivity index (χ0v) is 12.8. The molecule has 2 atom stereocenters. The fourth-order valence-electron chi connectivity index (χ4n) is 2.35. The molecule has 0 fully saturated rings. The summed E-state index contributed by atoms with van der Waals surface area (Å²) in [7, 11) is 0. The summed E-state index contributed by atoms with van der Waals surface area (Å²) in [6.45, 7) is -0.265. The van der Waals surface area contributed by atoms with Crippen LogP contribution in [0.3, 0.4) is 0 Å². The van der Waals surface area contributed by atoms with E-state index in [1.807, 2.05) is 0 Å². The van der Waals surface area contributed by atoms with E-state index < -0.39 is 12.2 Å². The molecule has 118 valence electrons. The second kappa shape index (κ2) is 14.8. The van der Waals surface area contributed by atoms with Gasteiger partial charge in [0.1, 0.15) is 0 Å². The van der Waals surface area contributed by atoms with Gasteiger partial charge in [-0.25, -0.2) is 0 Å². The molecule has 0 aromatic carbocycles. The highest BCUT2D eigenvalue weighted by atomic mass is 16.3. The van der Waals surface area contributed by atoms with Crippen molar-refractivity contribution in [1.82, 2.24) is 0 Å². The lowest BCUT2D eigenvalue weighted by Gasteiger charge is -2.13. The summed E-state index contributed by atoms with van der Waals surface area (Å²) in [4.78, 5) is 0. The van der Waals surface area contributed by atoms with Crippen LogP contribution in [0.5, 0.6) is 0 Å². The molecule has 3 N–H and O–H groups in total. The summed E-state index contributed by atoms with van der Waals surface area (Å²) < 4.78 is 0. The summed E-state index contributed by atoms with van der Waals surface area (Å²) in [6.07, 6.45) is 16.8. The molecule has 20 heavy (non-hydrogen) atoms. The Morgan fingerprint density at radius 1 is 0.750 bits per heavy atom. The molecule has 0 amide bonds. The average Bonchev–Trinajstić information content (AvgIpc) is 2.44. The number of aliphatic hydroxyl groups is 3. The standard InChI is InChI=1S/C17H32O3/c1-2-3-4-5-6-7-8-9-10-11-12-13-16(19)14-17(20)15-18/h1,16-20H,3-15H2. The minimum absolute atomic E-state index is 0.265. The van der Waals surface area contributed by atoms with Crippen LogP contribution in [0.1, 0.15) is 77.0 Å². The number of rotatable bonds is 14. The average molecular weight is 284 g/mol. The predicted octanol–water partition coefficient (Wildman–Crippen LogP) is 3.01. The number of hydrogen-bond acceptors (Lipinski definition) is 3. The van der Waals surface area contributed by atoms with E-state index in [1.54, 1.807) is 0 Å². The molecule has 3 nitrogen and oxygen atoms in total. The van der Waals surface area contributed by atoms with Crippen LogP contribution < -0.4 is 0 Å². The quantitative estimate of drug-likeness (QED) is 0.339. The summed E-state index contributed by atoms with van der Waals surface area (Å²) >= 11 is 0. The van der Waals surface area contributed by atoms with Gasteiger partial charge in [-0.1, -0.05) is 51.4 Å². The normalized spacial score (nSPS) is 13.9. The fraction of sp³-hybridized carbons (Fsp3) is 0.882. The van der Waals surface area contributed by atoms with E-state index in [-0.39, 0.29) is 13.0 Å². The van der Waals surface area contributed by atoms with Crippen LogP contribution in [-0.4, -0.2) is 34.1 Å². The Bertz CT molecular complexity index is 235. The first kappa shape index (κ1) is 19.4. The Morgan fingerprint density at radius 2 is 1.25 bits per heavy atom. The van der Waals surface area contributed by atoms with Gasteiger partial charge in [0.2, 0.25) is 0 Å². The maximum Gasteiger partial charge on any atom is 0.0795 e. The monoisotopic (exact) mass is 284 g/mol. The number of terminal acetylenes is 1. The van der Waals surface area contributed by atoms with E-state index in [9.17, 15) is 10.2 Å². The minimum Gasteiger partial charge on any atom is -0.394 e. The van der Waals surface area contributed by atoms with Gasteiger partial charge in [0.25, 0.3) is 0 Å². The Kier molecular flexibility index (Phi) is 14.4. The van der Waals surface area contributed by atoms with Gasteiger partial charge in [-0.3, -0.25) is 0 Å². The van der Waals surface area contributed by atoms with Gasteiger partial charge >= 0.3 is 0 Å². The first-order valence-corrected chi connectivity index (χ1v) is 8.11. The molecule has 3 heteroatoms. The van der Waals surface area contributed by atoms with Crippen LogP contribution >= 0.6 is 0 Å². The molecule has 0 saturated carbocycles. The minimum atomic E-state index is -0.778. The molecule has 0 saturated heterocycles. The number of hydrogen-bond donors (Lipinski definition) is 3. The van der Waals surface area contributed by atoms with Crippen molar-refractivity contribution in [2.24, 2.45) is 0 Å². The molecule has 0 aliphatic heterocycles. The van der Waals surface area contributed by atoms with Gasteiger partial charge in [0.15, 0.2) is 0 Å². The predicted molar refractivity (Wildman–Crippen MR) is 83.3 cm³/mol. The summed E-state index contributed by atoms with van der Waals surface area (Å²) in [5, 5.41) is 27.5. The smallest absolute Gasteiger partial charge is 0.0795 e. The molecule has 0 spiro atoms. The maximum atomic E-state index is 9.61. The highest BCUT2D eigenvalue weighted by molar-refractivity contribution is 4.82. The summed E-state index contributed by atoms with van der Waals surface area (Å²) in [5.41, 5.74) is 0. The van der Waals surface area contributed by atoms with E-state index in [2.05, 4.69) is 5.92 Å². The second-order valence-corrected chi connectivity index (χ2v) is 5.65. The van der Waals surface area contributed by atoms with Crippen molar-refractivity contribution in [1.29, 1.82) is 0 Å². The zero-order chi connectivity index (χ0) is 15.1. The highest BCUT2D eigenvalue weighted by Gasteiger charge is 2.10.